The van der Waals surface area contributed by atoms with Crippen molar-refractivity contribution in [2.45, 2.75) is 26.1 Å². The fourth-order valence-corrected chi connectivity index (χ4v) is 3.79. The van der Waals surface area contributed by atoms with Crippen LogP contribution in [0.5, 0.6) is 0 Å². The highest BCUT2D eigenvalue weighted by Gasteiger charge is 2.26. The fourth-order valence-electron chi connectivity index (χ4n) is 3.79. The van der Waals surface area contributed by atoms with E-state index in [9.17, 15) is 8.78 Å². The minimum absolute atomic E-state index is 0.0845. The molecule has 1 fully saturated rings. The maximum atomic E-state index is 13.7. The van der Waals surface area contributed by atoms with Crippen LogP contribution in [0.3, 0.4) is 0 Å². The standard InChI is InChI=1S/C20H22F2N4/c1-2-26-18-7-6-16(22)11-17(18)24-20(26)13-25-9-8-23-12-19(25)14-4-3-5-15(21)10-14/h3-7,10-11,19,23H,2,8-9,12-13H2,1H3. The van der Waals surface area contributed by atoms with E-state index in [4.69, 9.17) is 0 Å². The third-order valence-electron chi connectivity index (χ3n) is 5.04. The molecule has 1 N–H and O–H groups in total. The molecule has 3 aromatic rings. The molecule has 4 nitrogen and oxygen atoms in total. The van der Waals surface area contributed by atoms with Crippen molar-refractivity contribution in [3.8, 4) is 0 Å². The second-order valence-corrected chi connectivity index (χ2v) is 6.65. The van der Waals surface area contributed by atoms with Crippen LogP contribution in [0, 0.1) is 11.6 Å². The van der Waals surface area contributed by atoms with E-state index in [0.717, 1.165) is 43.1 Å². The minimum Gasteiger partial charge on any atom is -0.327 e. The summed E-state index contributed by atoms with van der Waals surface area (Å²) in [7, 11) is 0. The van der Waals surface area contributed by atoms with Gasteiger partial charge in [-0.1, -0.05) is 12.1 Å². The van der Waals surface area contributed by atoms with Crippen LogP contribution in [0.2, 0.25) is 0 Å². The van der Waals surface area contributed by atoms with E-state index in [-0.39, 0.29) is 17.7 Å². The quantitative estimate of drug-likeness (QED) is 0.777. The van der Waals surface area contributed by atoms with Crippen molar-refractivity contribution in [1.82, 2.24) is 19.8 Å². The summed E-state index contributed by atoms with van der Waals surface area (Å²) in [6.45, 7) is 5.98. The van der Waals surface area contributed by atoms with Gasteiger partial charge in [-0.3, -0.25) is 4.90 Å². The summed E-state index contributed by atoms with van der Waals surface area (Å²) in [6, 6.07) is 11.6. The van der Waals surface area contributed by atoms with Gasteiger partial charge < -0.3 is 9.88 Å². The molecule has 1 aromatic heterocycles. The first kappa shape index (κ1) is 17.1. The number of benzene rings is 2. The molecule has 1 aliphatic heterocycles. The number of imidazole rings is 1. The normalized spacial score (nSPS) is 18.5. The van der Waals surface area contributed by atoms with Crippen LogP contribution >= 0.6 is 0 Å². The third kappa shape index (κ3) is 3.22. The Labute approximate surface area is 151 Å². The predicted molar refractivity (Wildman–Crippen MR) is 97.8 cm³/mol. The molecule has 1 aliphatic rings. The second kappa shape index (κ2) is 7.13. The van der Waals surface area contributed by atoms with Crippen molar-refractivity contribution in [1.29, 1.82) is 0 Å². The van der Waals surface area contributed by atoms with Gasteiger partial charge >= 0.3 is 0 Å². The molecule has 26 heavy (non-hydrogen) atoms. The molecule has 0 aliphatic carbocycles. The van der Waals surface area contributed by atoms with Gasteiger partial charge in [0.25, 0.3) is 0 Å². The van der Waals surface area contributed by atoms with Crippen molar-refractivity contribution in [3.63, 3.8) is 0 Å². The molecular formula is C20H22F2N4. The molecule has 136 valence electrons. The molecule has 1 saturated heterocycles. The molecule has 1 atom stereocenters. The molecule has 0 radical (unpaired) electrons. The highest BCUT2D eigenvalue weighted by Crippen LogP contribution is 2.26. The Morgan fingerprint density at radius 3 is 2.81 bits per heavy atom. The van der Waals surface area contributed by atoms with Gasteiger partial charge in [0.15, 0.2) is 0 Å². The number of hydrogen-bond acceptors (Lipinski definition) is 3. The van der Waals surface area contributed by atoms with Gasteiger partial charge in [-0.15, -0.1) is 0 Å². The topological polar surface area (TPSA) is 33.1 Å². The van der Waals surface area contributed by atoms with E-state index < -0.39 is 0 Å². The van der Waals surface area contributed by atoms with Crippen LogP contribution in [0.1, 0.15) is 24.4 Å². The molecule has 2 aromatic carbocycles. The molecule has 2 heterocycles. The Hall–Kier alpha value is -2.31. The summed E-state index contributed by atoms with van der Waals surface area (Å²) in [5.41, 5.74) is 2.59. The lowest BCUT2D eigenvalue weighted by molar-refractivity contribution is 0.148. The van der Waals surface area contributed by atoms with E-state index in [2.05, 4.69) is 26.7 Å². The highest BCUT2D eigenvalue weighted by molar-refractivity contribution is 5.76. The van der Waals surface area contributed by atoms with Crippen LogP contribution in [0.4, 0.5) is 8.78 Å². The first-order valence-electron chi connectivity index (χ1n) is 9.00. The number of nitrogens with zero attached hydrogens (tertiary/aromatic N) is 3. The van der Waals surface area contributed by atoms with Gasteiger partial charge in [0.1, 0.15) is 17.5 Å². The van der Waals surface area contributed by atoms with E-state index in [1.54, 1.807) is 18.2 Å². The lowest BCUT2D eigenvalue weighted by Crippen LogP contribution is -2.45. The second-order valence-electron chi connectivity index (χ2n) is 6.65. The highest BCUT2D eigenvalue weighted by atomic mass is 19.1. The van der Waals surface area contributed by atoms with Crippen molar-refractivity contribution in [2.24, 2.45) is 0 Å². The van der Waals surface area contributed by atoms with Crippen LogP contribution < -0.4 is 5.32 Å². The van der Waals surface area contributed by atoms with Crippen LogP contribution in [-0.4, -0.2) is 34.1 Å². The summed E-state index contributed by atoms with van der Waals surface area (Å²) in [4.78, 5) is 6.99. The number of aryl methyl sites for hydroxylation is 1. The summed E-state index contributed by atoms with van der Waals surface area (Å²) < 4.78 is 29.4. The largest absolute Gasteiger partial charge is 0.327 e. The number of halogens is 2. The molecule has 0 saturated carbocycles. The zero-order valence-corrected chi connectivity index (χ0v) is 14.8. The minimum atomic E-state index is -0.274. The fraction of sp³-hybridized carbons (Fsp3) is 0.350. The molecule has 0 spiro atoms. The molecule has 6 heteroatoms. The Morgan fingerprint density at radius 1 is 1.15 bits per heavy atom. The number of hydrogen-bond donors (Lipinski definition) is 1. The summed E-state index contributed by atoms with van der Waals surface area (Å²) in [5.74, 6) is 0.422. The van der Waals surface area contributed by atoms with E-state index in [1.807, 2.05) is 6.07 Å². The number of rotatable bonds is 4. The monoisotopic (exact) mass is 356 g/mol. The van der Waals surface area contributed by atoms with Crippen LogP contribution in [0.25, 0.3) is 11.0 Å². The molecular weight excluding hydrogens is 334 g/mol. The van der Waals surface area contributed by atoms with Gasteiger partial charge in [0.05, 0.1) is 17.6 Å². The Bertz CT molecular complexity index is 921. The SMILES string of the molecule is CCn1c(CN2CCNCC2c2cccc(F)c2)nc2cc(F)ccc21. The first-order valence-corrected chi connectivity index (χ1v) is 9.00. The van der Waals surface area contributed by atoms with E-state index in [1.165, 1.54) is 18.2 Å². The number of nitrogens with one attached hydrogen (secondary N) is 1. The zero-order valence-electron chi connectivity index (χ0n) is 14.8. The Balaban J connectivity index is 1.67. The van der Waals surface area contributed by atoms with Crippen molar-refractivity contribution >= 4 is 11.0 Å². The average Bonchev–Trinajstić information content (AvgIpc) is 2.98. The Kier molecular flexibility index (Phi) is 4.70. The maximum absolute atomic E-state index is 13.7. The molecule has 1 unspecified atom stereocenters. The summed E-state index contributed by atoms with van der Waals surface area (Å²) in [6.07, 6.45) is 0. The van der Waals surface area contributed by atoms with Gasteiger partial charge in [0, 0.05) is 38.3 Å². The van der Waals surface area contributed by atoms with E-state index in [0.29, 0.717) is 12.1 Å². The van der Waals surface area contributed by atoms with Crippen LogP contribution in [-0.2, 0) is 13.1 Å². The van der Waals surface area contributed by atoms with Crippen molar-refractivity contribution in [2.75, 3.05) is 19.6 Å². The smallest absolute Gasteiger partial charge is 0.125 e. The summed E-state index contributed by atoms with van der Waals surface area (Å²) in [5, 5.41) is 3.39. The number of piperazine rings is 1. The van der Waals surface area contributed by atoms with E-state index >= 15 is 0 Å². The molecule has 0 bridgehead atoms. The summed E-state index contributed by atoms with van der Waals surface area (Å²) >= 11 is 0. The number of fused-ring (bicyclic) bond motifs is 1. The van der Waals surface area contributed by atoms with Gasteiger partial charge in [-0.05, 0) is 36.8 Å². The zero-order chi connectivity index (χ0) is 18.1. The average molecular weight is 356 g/mol. The Morgan fingerprint density at radius 2 is 2.00 bits per heavy atom. The lowest BCUT2D eigenvalue weighted by Gasteiger charge is -2.36. The third-order valence-corrected chi connectivity index (χ3v) is 5.04. The molecule has 4 rings (SSSR count). The molecule has 0 amide bonds. The van der Waals surface area contributed by atoms with Gasteiger partial charge in [-0.2, -0.15) is 0 Å². The van der Waals surface area contributed by atoms with Gasteiger partial charge in [0.2, 0.25) is 0 Å². The predicted octanol–water partition coefficient (Wildman–Crippen LogP) is 3.48. The lowest BCUT2D eigenvalue weighted by atomic mass is 10.0. The van der Waals surface area contributed by atoms with Crippen molar-refractivity contribution < 1.29 is 8.78 Å². The number of aromatic nitrogens is 2. The van der Waals surface area contributed by atoms with Crippen LogP contribution in [0.15, 0.2) is 42.5 Å². The first-order chi connectivity index (χ1) is 12.7. The maximum Gasteiger partial charge on any atom is 0.125 e. The van der Waals surface area contributed by atoms with Gasteiger partial charge in [-0.25, -0.2) is 13.8 Å². The van der Waals surface area contributed by atoms with Crippen molar-refractivity contribution in [3.05, 3.63) is 65.5 Å².